The van der Waals surface area contributed by atoms with Crippen LogP contribution in [0.1, 0.15) is 49.7 Å². The smallest absolute Gasteiger partial charge is 0.407 e. The lowest BCUT2D eigenvalue weighted by molar-refractivity contribution is -0.145. The number of carbonyl (C=O) groups is 2. The van der Waals surface area contributed by atoms with Gasteiger partial charge in [-0.25, -0.2) is 4.79 Å². The van der Waals surface area contributed by atoms with Crippen molar-refractivity contribution in [1.29, 1.82) is 0 Å². The van der Waals surface area contributed by atoms with Gasteiger partial charge in [-0.15, -0.1) is 0 Å². The Morgan fingerprint density at radius 1 is 0.679 bits per heavy atom. The molecule has 2 aromatic carbocycles. The Morgan fingerprint density at radius 3 is 1.86 bits per heavy atom. The molecule has 28 heavy (non-hydrogen) atoms. The summed E-state index contributed by atoms with van der Waals surface area (Å²) in [5.41, 5.74) is 1.98. The molecule has 0 atom stereocenters. The molecule has 0 saturated heterocycles. The molecular weight excluding hydrogens is 354 g/mol. The van der Waals surface area contributed by atoms with E-state index in [4.69, 9.17) is 9.47 Å². The molecule has 150 valence electrons. The van der Waals surface area contributed by atoms with E-state index in [0.29, 0.717) is 19.6 Å². The van der Waals surface area contributed by atoms with Crippen LogP contribution in [-0.2, 0) is 27.5 Å². The Labute approximate surface area is 167 Å². The van der Waals surface area contributed by atoms with Gasteiger partial charge in [0.05, 0.1) is 0 Å². The van der Waals surface area contributed by atoms with Crippen LogP contribution in [0.15, 0.2) is 60.7 Å². The van der Waals surface area contributed by atoms with E-state index < -0.39 is 0 Å². The molecule has 0 unspecified atom stereocenters. The van der Waals surface area contributed by atoms with Crippen LogP contribution in [0.25, 0.3) is 0 Å². The minimum atomic E-state index is -0.384. The summed E-state index contributed by atoms with van der Waals surface area (Å²) in [6.07, 6.45) is 4.84. The molecule has 0 aliphatic carbocycles. The minimum Gasteiger partial charge on any atom is -0.461 e. The number of carbonyl (C=O) groups excluding carboxylic acids is 2. The van der Waals surface area contributed by atoms with Gasteiger partial charge < -0.3 is 14.8 Å². The molecular formula is C23H29NO4. The van der Waals surface area contributed by atoms with Crippen LogP contribution in [0.5, 0.6) is 0 Å². The van der Waals surface area contributed by atoms with Gasteiger partial charge in [0, 0.05) is 13.0 Å². The number of nitrogens with one attached hydrogen (secondary N) is 1. The summed E-state index contributed by atoms with van der Waals surface area (Å²) in [4.78, 5) is 23.3. The summed E-state index contributed by atoms with van der Waals surface area (Å²) in [5.74, 6) is -0.147. The van der Waals surface area contributed by atoms with Gasteiger partial charge in [-0.05, 0) is 24.0 Å². The first kappa shape index (κ1) is 21.5. The van der Waals surface area contributed by atoms with Crippen molar-refractivity contribution in [2.75, 3.05) is 6.54 Å². The van der Waals surface area contributed by atoms with Crippen molar-refractivity contribution in [2.45, 2.75) is 51.7 Å². The van der Waals surface area contributed by atoms with Gasteiger partial charge >= 0.3 is 12.1 Å². The van der Waals surface area contributed by atoms with Gasteiger partial charge in [0.25, 0.3) is 0 Å². The molecule has 0 fully saturated rings. The molecule has 2 aromatic rings. The van der Waals surface area contributed by atoms with E-state index in [1.165, 1.54) is 0 Å². The second-order valence-corrected chi connectivity index (χ2v) is 6.65. The second kappa shape index (κ2) is 13.4. The third kappa shape index (κ3) is 9.76. The molecule has 0 aromatic heterocycles. The minimum absolute atomic E-state index is 0.147. The molecule has 0 saturated carbocycles. The van der Waals surface area contributed by atoms with Crippen LogP contribution < -0.4 is 5.32 Å². The maximum atomic E-state index is 11.7. The molecule has 5 nitrogen and oxygen atoms in total. The van der Waals surface area contributed by atoms with Gasteiger partial charge in [-0.2, -0.15) is 0 Å². The number of benzene rings is 2. The van der Waals surface area contributed by atoms with Gasteiger partial charge in [-0.3, -0.25) is 4.79 Å². The first-order valence-corrected chi connectivity index (χ1v) is 9.88. The van der Waals surface area contributed by atoms with E-state index >= 15 is 0 Å². The summed E-state index contributed by atoms with van der Waals surface area (Å²) < 4.78 is 10.4. The molecule has 1 amide bonds. The Kier molecular flexibility index (Phi) is 10.3. The van der Waals surface area contributed by atoms with Crippen molar-refractivity contribution < 1.29 is 19.1 Å². The number of hydrogen-bond donors (Lipinski definition) is 1. The second-order valence-electron chi connectivity index (χ2n) is 6.65. The van der Waals surface area contributed by atoms with E-state index in [9.17, 15) is 9.59 Å². The quantitative estimate of drug-likeness (QED) is 0.414. The van der Waals surface area contributed by atoms with Gasteiger partial charge in [0.15, 0.2) is 0 Å². The molecule has 1 N–H and O–H groups in total. The highest BCUT2D eigenvalue weighted by Gasteiger charge is 2.04. The number of ether oxygens (including phenoxy) is 2. The summed E-state index contributed by atoms with van der Waals surface area (Å²) in [6.45, 7) is 1.23. The predicted molar refractivity (Wildman–Crippen MR) is 109 cm³/mol. The Bertz CT molecular complexity index is 627. The lowest BCUT2D eigenvalue weighted by Gasteiger charge is -2.07. The standard InChI is InChI=1S/C23H29NO4/c25-22(27-18-20-12-6-4-7-13-20)16-10-2-1-3-11-17-24-23(26)28-19-21-14-8-5-9-15-21/h4-9,12-15H,1-3,10-11,16-19H2,(H,24,26). The SMILES string of the molecule is O=C(CCCCCCCNC(=O)OCc1ccccc1)OCc1ccccc1. The van der Waals surface area contributed by atoms with Crippen molar-refractivity contribution in [3.8, 4) is 0 Å². The molecule has 5 heteroatoms. The number of hydrogen-bond acceptors (Lipinski definition) is 4. The highest BCUT2D eigenvalue weighted by Crippen LogP contribution is 2.08. The van der Waals surface area contributed by atoms with E-state index in [-0.39, 0.29) is 18.7 Å². The number of unbranched alkanes of at least 4 members (excludes halogenated alkanes) is 4. The maximum Gasteiger partial charge on any atom is 0.407 e. The number of esters is 1. The zero-order valence-electron chi connectivity index (χ0n) is 16.3. The molecule has 0 radical (unpaired) electrons. The summed E-state index contributed by atoms with van der Waals surface area (Å²) in [7, 11) is 0. The average molecular weight is 383 g/mol. The van der Waals surface area contributed by atoms with Crippen molar-refractivity contribution in [3.63, 3.8) is 0 Å². The topological polar surface area (TPSA) is 64.6 Å². The summed E-state index contributed by atoms with van der Waals surface area (Å²) in [6, 6.07) is 19.3. The van der Waals surface area contributed by atoms with Crippen LogP contribution in [-0.4, -0.2) is 18.6 Å². The van der Waals surface area contributed by atoms with E-state index in [2.05, 4.69) is 5.32 Å². The number of alkyl carbamates (subject to hydrolysis) is 1. The average Bonchev–Trinajstić information content (AvgIpc) is 2.74. The molecule has 0 bridgehead atoms. The van der Waals surface area contributed by atoms with Crippen LogP contribution in [0.4, 0.5) is 4.79 Å². The normalized spacial score (nSPS) is 10.3. The zero-order chi connectivity index (χ0) is 19.9. The van der Waals surface area contributed by atoms with E-state index in [1.807, 2.05) is 60.7 Å². The third-order valence-electron chi connectivity index (χ3n) is 4.28. The zero-order valence-corrected chi connectivity index (χ0v) is 16.3. The molecule has 0 aliphatic rings. The molecule has 0 heterocycles. The van der Waals surface area contributed by atoms with Crippen LogP contribution in [0, 0.1) is 0 Å². The number of rotatable bonds is 12. The lowest BCUT2D eigenvalue weighted by Crippen LogP contribution is -2.25. The first-order valence-electron chi connectivity index (χ1n) is 9.88. The molecule has 2 rings (SSSR count). The largest absolute Gasteiger partial charge is 0.461 e. The van der Waals surface area contributed by atoms with Crippen molar-refractivity contribution >= 4 is 12.1 Å². The van der Waals surface area contributed by atoms with Crippen molar-refractivity contribution in [2.24, 2.45) is 0 Å². The Morgan fingerprint density at radius 2 is 1.21 bits per heavy atom. The molecule has 0 spiro atoms. The Hall–Kier alpha value is -2.82. The van der Waals surface area contributed by atoms with Crippen molar-refractivity contribution in [3.05, 3.63) is 71.8 Å². The molecule has 0 aliphatic heterocycles. The van der Waals surface area contributed by atoms with Crippen LogP contribution in [0.2, 0.25) is 0 Å². The fourth-order valence-electron chi connectivity index (χ4n) is 2.70. The summed E-state index contributed by atoms with van der Waals surface area (Å²) >= 11 is 0. The van der Waals surface area contributed by atoms with Gasteiger partial charge in [-0.1, -0.05) is 79.9 Å². The van der Waals surface area contributed by atoms with Crippen LogP contribution >= 0.6 is 0 Å². The fraction of sp³-hybridized carbons (Fsp3) is 0.391. The monoisotopic (exact) mass is 383 g/mol. The number of amides is 1. The highest BCUT2D eigenvalue weighted by atomic mass is 16.5. The van der Waals surface area contributed by atoms with Gasteiger partial charge in [0.2, 0.25) is 0 Å². The third-order valence-corrected chi connectivity index (χ3v) is 4.28. The predicted octanol–water partition coefficient (Wildman–Crippen LogP) is 5.00. The summed E-state index contributed by atoms with van der Waals surface area (Å²) in [5, 5.41) is 2.76. The Balaban J connectivity index is 1.39. The van der Waals surface area contributed by atoms with Crippen LogP contribution in [0.3, 0.4) is 0 Å². The first-order chi connectivity index (χ1) is 13.7. The maximum absolute atomic E-state index is 11.7. The van der Waals surface area contributed by atoms with Crippen molar-refractivity contribution in [1.82, 2.24) is 5.32 Å². The fourth-order valence-corrected chi connectivity index (χ4v) is 2.70. The van der Waals surface area contributed by atoms with Gasteiger partial charge in [0.1, 0.15) is 13.2 Å². The lowest BCUT2D eigenvalue weighted by atomic mass is 10.1. The van der Waals surface area contributed by atoms with E-state index in [0.717, 1.165) is 43.2 Å². The highest BCUT2D eigenvalue weighted by molar-refractivity contribution is 5.69. The van der Waals surface area contributed by atoms with E-state index in [1.54, 1.807) is 0 Å².